The van der Waals surface area contributed by atoms with Crippen LogP contribution in [0, 0.1) is 0 Å². The van der Waals surface area contributed by atoms with Crippen molar-refractivity contribution >= 4 is 17.3 Å². The zero-order valence-electron chi connectivity index (χ0n) is 7.28. The summed E-state index contributed by atoms with van der Waals surface area (Å²) in [4.78, 5) is 25.0. The summed E-state index contributed by atoms with van der Waals surface area (Å²) >= 11 is 0.947. The molecule has 0 aromatic carbocycles. The molecule has 2 heterocycles. The lowest BCUT2D eigenvalue weighted by molar-refractivity contribution is 0.0690. The van der Waals surface area contributed by atoms with E-state index >= 15 is 0 Å². The molecule has 0 amide bonds. The maximum atomic E-state index is 11.1. The summed E-state index contributed by atoms with van der Waals surface area (Å²) in [6.45, 7) is 0.0373. The summed E-state index contributed by atoms with van der Waals surface area (Å²) in [5.41, 5.74) is 1.21. The van der Waals surface area contributed by atoms with Gasteiger partial charge < -0.3 is 9.52 Å². The molecule has 2 rings (SSSR count). The molecule has 0 aliphatic heterocycles. The second kappa shape index (κ2) is 3.65. The van der Waals surface area contributed by atoms with E-state index in [4.69, 9.17) is 9.52 Å². The molecule has 0 saturated carbocycles. The number of aromatic nitrogens is 3. The molecule has 0 aliphatic rings. The van der Waals surface area contributed by atoms with Gasteiger partial charge >= 0.3 is 10.8 Å². The van der Waals surface area contributed by atoms with E-state index in [-0.39, 0.29) is 23.0 Å². The molecule has 78 valence electrons. The van der Waals surface area contributed by atoms with Gasteiger partial charge in [-0.2, -0.15) is 5.10 Å². The van der Waals surface area contributed by atoms with Gasteiger partial charge in [-0.05, 0) is 0 Å². The van der Waals surface area contributed by atoms with E-state index in [1.165, 1.54) is 5.51 Å². The minimum Gasteiger partial charge on any atom is -0.476 e. The van der Waals surface area contributed by atoms with Gasteiger partial charge in [0.25, 0.3) is 0 Å². The number of aromatic carboxylic acids is 1. The van der Waals surface area contributed by atoms with Crippen molar-refractivity contribution in [1.29, 1.82) is 0 Å². The maximum Gasteiger partial charge on any atom is 0.357 e. The summed E-state index contributed by atoms with van der Waals surface area (Å²) in [7, 11) is 0. The van der Waals surface area contributed by atoms with Gasteiger partial charge in [0, 0.05) is 0 Å². The minimum absolute atomic E-state index is 0.0373. The average molecular weight is 227 g/mol. The molecule has 2 aromatic rings. The second-order valence-electron chi connectivity index (χ2n) is 2.59. The third-order valence-corrected chi connectivity index (χ3v) is 2.22. The third-order valence-electron chi connectivity index (χ3n) is 1.61. The first-order chi connectivity index (χ1) is 7.16. The summed E-state index contributed by atoms with van der Waals surface area (Å²) in [5, 5.41) is 12.3. The summed E-state index contributed by atoms with van der Waals surface area (Å²) in [5.74, 6) is -1.03. The van der Waals surface area contributed by atoms with Crippen LogP contribution in [0.3, 0.4) is 0 Å². The Morgan fingerprint density at radius 3 is 3.00 bits per heavy atom. The number of oxazole rings is 1. The van der Waals surface area contributed by atoms with Crippen LogP contribution in [0.25, 0.3) is 0 Å². The Morgan fingerprint density at radius 1 is 1.67 bits per heavy atom. The SMILES string of the molecule is O=C(O)c1coc(Cn2ncsc2=O)n1. The van der Waals surface area contributed by atoms with Crippen LogP contribution in [-0.4, -0.2) is 25.8 Å². The predicted octanol–water partition coefficient (Wildman–Crippen LogP) is 0.0393. The first kappa shape index (κ1) is 9.59. The van der Waals surface area contributed by atoms with Gasteiger partial charge in [0.2, 0.25) is 5.89 Å². The summed E-state index contributed by atoms with van der Waals surface area (Å²) in [6, 6.07) is 0. The molecule has 0 spiro atoms. The van der Waals surface area contributed by atoms with Crippen molar-refractivity contribution in [3.05, 3.63) is 33.0 Å². The zero-order valence-corrected chi connectivity index (χ0v) is 8.10. The van der Waals surface area contributed by atoms with Crippen molar-refractivity contribution in [1.82, 2.24) is 14.8 Å². The number of carboxylic acid groups (broad SMARTS) is 1. The highest BCUT2D eigenvalue weighted by molar-refractivity contribution is 7.06. The van der Waals surface area contributed by atoms with Crippen molar-refractivity contribution in [3.63, 3.8) is 0 Å². The van der Waals surface area contributed by atoms with Crippen LogP contribution in [0.4, 0.5) is 0 Å². The maximum absolute atomic E-state index is 11.1. The van der Waals surface area contributed by atoms with E-state index < -0.39 is 5.97 Å². The Morgan fingerprint density at radius 2 is 2.47 bits per heavy atom. The van der Waals surface area contributed by atoms with Crippen LogP contribution in [0.2, 0.25) is 0 Å². The first-order valence-electron chi connectivity index (χ1n) is 3.85. The summed E-state index contributed by atoms with van der Waals surface area (Å²) in [6.07, 6.45) is 1.02. The van der Waals surface area contributed by atoms with Gasteiger partial charge in [-0.15, -0.1) is 0 Å². The van der Waals surface area contributed by atoms with Crippen LogP contribution in [0.5, 0.6) is 0 Å². The largest absolute Gasteiger partial charge is 0.476 e. The number of carboxylic acids is 1. The Bertz CT molecular complexity index is 540. The Kier molecular flexibility index (Phi) is 2.34. The van der Waals surface area contributed by atoms with E-state index in [0.717, 1.165) is 22.3 Å². The van der Waals surface area contributed by atoms with Crippen LogP contribution in [-0.2, 0) is 6.54 Å². The number of rotatable bonds is 3. The normalized spacial score (nSPS) is 10.4. The molecule has 0 radical (unpaired) electrons. The van der Waals surface area contributed by atoms with Crippen molar-refractivity contribution in [2.24, 2.45) is 0 Å². The van der Waals surface area contributed by atoms with Gasteiger partial charge in [0.15, 0.2) is 5.69 Å². The average Bonchev–Trinajstić information content (AvgIpc) is 2.77. The molecule has 2 aromatic heterocycles. The molecule has 0 bridgehead atoms. The van der Waals surface area contributed by atoms with Crippen molar-refractivity contribution in [2.75, 3.05) is 0 Å². The highest BCUT2D eigenvalue weighted by Crippen LogP contribution is 2.02. The van der Waals surface area contributed by atoms with Gasteiger partial charge in [-0.1, -0.05) is 11.3 Å². The van der Waals surface area contributed by atoms with Crippen LogP contribution in [0.1, 0.15) is 16.4 Å². The molecule has 8 heteroatoms. The molecule has 15 heavy (non-hydrogen) atoms. The lowest BCUT2D eigenvalue weighted by atomic mass is 10.5. The van der Waals surface area contributed by atoms with E-state index in [0.29, 0.717) is 0 Å². The number of hydrogen-bond acceptors (Lipinski definition) is 6. The van der Waals surface area contributed by atoms with Crippen molar-refractivity contribution in [3.8, 4) is 0 Å². The molecule has 0 atom stereocenters. The first-order valence-corrected chi connectivity index (χ1v) is 4.73. The smallest absolute Gasteiger partial charge is 0.357 e. The van der Waals surface area contributed by atoms with E-state index in [2.05, 4.69) is 10.1 Å². The van der Waals surface area contributed by atoms with Crippen LogP contribution < -0.4 is 4.87 Å². The van der Waals surface area contributed by atoms with Crippen LogP contribution in [0.15, 0.2) is 21.0 Å². The van der Waals surface area contributed by atoms with Gasteiger partial charge in [0.1, 0.15) is 18.3 Å². The van der Waals surface area contributed by atoms with E-state index in [1.807, 2.05) is 0 Å². The number of carbonyl (C=O) groups is 1. The second-order valence-corrected chi connectivity index (χ2v) is 3.39. The fraction of sp³-hybridized carbons (Fsp3) is 0.143. The van der Waals surface area contributed by atoms with E-state index in [1.54, 1.807) is 0 Å². The topological polar surface area (TPSA) is 98.2 Å². The van der Waals surface area contributed by atoms with Gasteiger partial charge in [-0.3, -0.25) is 4.79 Å². The Hall–Kier alpha value is -1.96. The van der Waals surface area contributed by atoms with Crippen LogP contribution >= 0.6 is 11.3 Å². The predicted molar refractivity (Wildman–Crippen MR) is 48.9 cm³/mol. The van der Waals surface area contributed by atoms with Gasteiger partial charge in [-0.25, -0.2) is 14.5 Å². The molecule has 1 N–H and O–H groups in total. The molecular weight excluding hydrogens is 222 g/mol. The Labute approximate surface area is 86.6 Å². The molecular formula is C7H5N3O4S. The molecule has 0 fully saturated rings. The lowest BCUT2D eigenvalue weighted by Crippen LogP contribution is -2.15. The monoisotopic (exact) mass is 227 g/mol. The Balaban J connectivity index is 2.22. The van der Waals surface area contributed by atoms with Gasteiger partial charge in [0.05, 0.1) is 0 Å². The third kappa shape index (κ3) is 1.94. The highest BCUT2D eigenvalue weighted by Gasteiger charge is 2.11. The van der Waals surface area contributed by atoms with E-state index in [9.17, 15) is 9.59 Å². The number of hydrogen-bond donors (Lipinski definition) is 1. The quantitative estimate of drug-likeness (QED) is 0.794. The standard InChI is InChI=1S/C7H5N3O4S/c11-6(12)4-2-14-5(9-4)1-10-7(13)15-3-8-10/h2-3H,1H2,(H,11,12). The fourth-order valence-electron chi connectivity index (χ4n) is 0.949. The molecule has 7 nitrogen and oxygen atoms in total. The highest BCUT2D eigenvalue weighted by atomic mass is 32.1. The zero-order chi connectivity index (χ0) is 10.8. The molecule has 0 aliphatic carbocycles. The minimum atomic E-state index is -1.17. The summed E-state index contributed by atoms with van der Waals surface area (Å²) < 4.78 is 6.01. The number of nitrogens with zero attached hydrogens (tertiary/aromatic N) is 3. The molecule has 0 unspecified atom stereocenters. The van der Waals surface area contributed by atoms with Crippen molar-refractivity contribution < 1.29 is 14.3 Å². The fourth-order valence-corrected chi connectivity index (χ4v) is 1.43. The molecule has 0 saturated heterocycles. The lowest BCUT2D eigenvalue weighted by Gasteiger charge is -1.92. The van der Waals surface area contributed by atoms with Crippen molar-refractivity contribution in [2.45, 2.75) is 6.54 Å².